The monoisotopic (exact) mass is 314 g/mol. The number of fused-ring (bicyclic) bond motifs is 1. The summed E-state index contributed by atoms with van der Waals surface area (Å²) in [6, 6.07) is 8.92. The predicted octanol–water partition coefficient (Wildman–Crippen LogP) is 0.653. The second-order valence-corrected chi connectivity index (χ2v) is 6.43. The number of aryl methyl sites for hydroxylation is 2. The van der Waals surface area contributed by atoms with Gasteiger partial charge in [-0.2, -0.15) is 0 Å². The van der Waals surface area contributed by atoms with Gasteiger partial charge in [0.15, 0.2) is 0 Å². The first-order chi connectivity index (χ1) is 9.47. The van der Waals surface area contributed by atoms with E-state index in [2.05, 4.69) is 13.0 Å². The largest absolute Gasteiger partial charge is 1.00 e. The van der Waals surface area contributed by atoms with E-state index in [0.717, 1.165) is 42.0 Å². The Morgan fingerprint density at radius 2 is 1.62 bits per heavy atom. The van der Waals surface area contributed by atoms with Gasteiger partial charge in [-0.1, -0.05) is 44.9 Å². The van der Waals surface area contributed by atoms with E-state index in [-0.39, 0.29) is 34.5 Å². The van der Waals surface area contributed by atoms with Gasteiger partial charge in [0.25, 0.3) is 0 Å². The summed E-state index contributed by atoms with van der Waals surface area (Å²) in [6.07, 6.45) is 3.68. The molecule has 0 aromatic heterocycles. The van der Waals surface area contributed by atoms with Crippen molar-refractivity contribution in [2.45, 2.75) is 44.4 Å². The van der Waals surface area contributed by atoms with Crippen LogP contribution < -0.4 is 29.6 Å². The fourth-order valence-electron chi connectivity index (χ4n) is 2.66. The summed E-state index contributed by atoms with van der Waals surface area (Å²) in [5, 5.41) is 1.96. The molecule has 0 saturated heterocycles. The average Bonchev–Trinajstić information content (AvgIpc) is 2.38. The Balaban J connectivity index is 0.00000220. The molecule has 0 fully saturated rings. The molecule has 2 aromatic carbocycles. The van der Waals surface area contributed by atoms with Crippen molar-refractivity contribution in [2.75, 3.05) is 0 Å². The van der Waals surface area contributed by atoms with Gasteiger partial charge in [-0.3, -0.25) is 0 Å². The van der Waals surface area contributed by atoms with E-state index in [4.69, 9.17) is 0 Å². The van der Waals surface area contributed by atoms with Gasteiger partial charge < -0.3 is 4.55 Å². The molecule has 0 spiro atoms. The fourth-order valence-corrected chi connectivity index (χ4v) is 3.22. The summed E-state index contributed by atoms with van der Waals surface area (Å²) < 4.78 is 33.9. The van der Waals surface area contributed by atoms with Crippen LogP contribution in [0.5, 0.6) is 0 Å². The van der Waals surface area contributed by atoms with Crippen LogP contribution in [0, 0.1) is 0 Å². The first kappa shape index (κ1) is 18.7. The Morgan fingerprint density at radius 1 is 1.00 bits per heavy atom. The minimum atomic E-state index is -4.41. The Kier molecular flexibility index (Phi) is 6.88. The molecule has 0 atom stereocenters. The van der Waals surface area contributed by atoms with Crippen LogP contribution in [-0.4, -0.2) is 13.0 Å². The Morgan fingerprint density at radius 3 is 2.19 bits per heavy atom. The molecule has 2 aromatic rings. The number of benzene rings is 2. The molecular weight excluding hydrogens is 295 g/mol. The molecule has 0 radical (unpaired) electrons. The zero-order valence-electron chi connectivity index (χ0n) is 12.8. The molecule has 0 aliphatic carbocycles. The third-order valence-electron chi connectivity index (χ3n) is 3.45. The van der Waals surface area contributed by atoms with E-state index in [9.17, 15) is 13.0 Å². The van der Waals surface area contributed by atoms with Crippen molar-refractivity contribution < 1.29 is 42.5 Å². The van der Waals surface area contributed by atoms with E-state index in [0.29, 0.717) is 0 Å². The van der Waals surface area contributed by atoms with E-state index in [1.54, 1.807) is 6.07 Å². The Bertz CT molecular complexity index is 724. The summed E-state index contributed by atoms with van der Waals surface area (Å²) in [5.74, 6) is 0. The van der Waals surface area contributed by atoms with E-state index < -0.39 is 10.1 Å². The molecule has 5 heteroatoms. The summed E-state index contributed by atoms with van der Waals surface area (Å²) in [5.41, 5.74) is 2.19. The van der Waals surface area contributed by atoms with Crippen molar-refractivity contribution >= 4 is 20.9 Å². The molecule has 0 unspecified atom stereocenters. The number of rotatable bonds is 5. The average molecular weight is 314 g/mol. The molecular formula is C16H19NaO3S. The van der Waals surface area contributed by atoms with Gasteiger partial charge in [-0.15, -0.1) is 0 Å². The standard InChI is InChI=1S/C16H20O3S.Na/c1-3-6-12-8-5-9-14-11-15(20(17,18)19)10-13(7-4-2)16(12)14;/h5,8-11H,3-4,6-7H2,1-2H3,(H,17,18,19);/q;+1/p-1. The normalized spacial score (nSPS) is 11.4. The third kappa shape index (κ3) is 4.30. The Hall–Kier alpha value is -0.390. The molecule has 0 saturated carbocycles. The van der Waals surface area contributed by atoms with Gasteiger partial charge in [0, 0.05) is 0 Å². The van der Waals surface area contributed by atoms with Crippen LogP contribution in [-0.2, 0) is 23.0 Å². The zero-order valence-corrected chi connectivity index (χ0v) is 15.7. The minimum absolute atomic E-state index is 0. The topological polar surface area (TPSA) is 57.2 Å². The minimum Gasteiger partial charge on any atom is -0.744 e. The van der Waals surface area contributed by atoms with Crippen LogP contribution in [0.3, 0.4) is 0 Å². The number of hydrogen-bond acceptors (Lipinski definition) is 3. The summed E-state index contributed by atoms with van der Waals surface area (Å²) in [4.78, 5) is -0.123. The van der Waals surface area contributed by atoms with Crippen LogP contribution in [0.25, 0.3) is 10.8 Å². The smallest absolute Gasteiger partial charge is 0.744 e. The summed E-state index contributed by atoms with van der Waals surface area (Å²) in [7, 11) is -4.41. The predicted molar refractivity (Wildman–Crippen MR) is 79.9 cm³/mol. The van der Waals surface area contributed by atoms with Gasteiger partial charge in [0.2, 0.25) is 0 Å². The van der Waals surface area contributed by atoms with E-state index in [1.165, 1.54) is 11.6 Å². The van der Waals surface area contributed by atoms with Crippen LogP contribution >= 0.6 is 0 Å². The van der Waals surface area contributed by atoms with E-state index >= 15 is 0 Å². The first-order valence-corrected chi connectivity index (χ1v) is 8.38. The third-order valence-corrected chi connectivity index (χ3v) is 4.26. The summed E-state index contributed by atoms with van der Waals surface area (Å²) >= 11 is 0. The van der Waals surface area contributed by atoms with Crippen LogP contribution in [0.2, 0.25) is 0 Å². The SMILES string of the molecule is CCCc1cccc2cc(S(=O)(=O)[O-])cc(CCC)c12.[Na+]. The van der Waals surface area contributed by atoms with Gasteiger partial charge in [-0.05, 0) is 46.9 Å². The maximum Gasteiger partial charge on any atom is 1.00 e. The molecule has 3 nitrogen and oxygen atoms in total. The quantitative estimate of drug-likeness (QED) is 0.601. The zero-order chi connectivity index (χ0) is 14.8. The molecule has 0 N–H and O–H groups in total. The van der Waals surface area contributed by atoms with Crippen LogP contribution in [0.4, 0.5) is 0 Å². The van der Waals surface area contributed by atoms with Crippen molar-refractivity contribution in [1.29, 1.82) is 0 Å². The molecule has 0 bridgehead atoms. The van der Waals surface area contributed by atoms with Gasteiger partial charge >= 0.3 is 29.6 Å². The van der Waals surface area contributed by atoms with Crippen molar-refractivity contribution in [1.82, 2.24) is 0 Å². The van der Waals surface area contributed by atoms with Crippen molar-refractivity contribution in [3.63, 3.8) is 0 Å². The van der Waals surface area contributed by atoms with Crippen LogP contribution in [0.15, 0.2) is 35.2 Å². The van der Waals surface area contributed by atoms with Gasteiger partial charge in [0.05, 0.1) is 4.90 Å². The number of hydrogen-bond donors (Lipinski definition) is 0. The van der Waals surface area contributed by atoms with Crippen LogP contribution in [0.1, 0.15) is 37.8 Å². The van der Waals surface area contributed by atoms with Crippen molar-refractivity contribution in [3.05, 3.63) is 41.5 Å². The van der Waals surface area contributed by atoms with E-state index in [1.807, 2.05) is 19.1 Å². The molecule has 0 aliphatic heterocycles. The molecule has 21 heavy (non-hydrogen) atoms. The fraction of sp³-hybridized carbons (Fsp3) is 0.375. The second-order valence-electron chi connectivity index (χ2n) is 5.05. The maximum atomic E-state index is 11.3. The first-order valence-electron chi connectivity index (χ1n) is 6.97. The molecule has 0 heterocycles. The molecule has 0 aliphatic rings. The van der Waals surface area contributed by atoms with Crippen molar-refractivity contribution in [3.8, 4) is 0 Å². The Labute approximate surface area is 148 Å². The van der Waals surface area contributed by atoms with Gasteiger partial charge in [0.1, 0.15) is 10.1 Å². The molecule has 108 valence electrons. The van der Waals surface area contributed by atoms with Crippen molar-refractivity contribution in [2.24, 2.45) is 0 Å². The van der Waals surface area contributed by atoms with Gasteiger partial charge in [-0.25, -0.2) is 8.42 Å². The molecule has 0 amide bonds. The second kappa shape index (κ2) is 7.75. The molecule has 2 rings (SSSR count). The summed E-state index contributed by atoms with van der Waals surface area (Å²) in [6.45, 7) is 4.17. The maximum absolute atomic E-state index is 11.3.